The predicted octanol–water partition coefficient (Wildman–Crippen LogP) is 2.10. The van der Waals surface area contributed by atoms with Crippen molar-refractivity contribution in [3.8, 4) is 0 Å². The van der Waals surface area contributed by atoms with Gasteiger partial charge in [-0.1, -0.05) is 6.92 Å². The molecule has 0 radical (unpaired) electrons. The van der Waals surface area contributed by atoms with Crippen LogP contribution in [0.1, 0.15) is 25.3 Å². The van der Waals surface area contributed by atoms with Gasteiger partial charge < -0.3 is 5.73 Å². The van der Waals surface area contributed by atoms with Gasteiger partial charge in [0.25, 0.3) is 0 Å². The number of rotatable bonds is 5. The standard InChI is InChI=1S/C14H22BrN3O2S/c1-3-18-6-4-5-11(18)9-17-21(19,20)14-8-13(16)12(15)7-10(14)2/h7-8,11,17H,3-6,9,16H2,1-2H3. The number of hydrogen-bond acceptors (Lipinski definition) is 4. The van der Waals surface area contributed by atoms with E-state index in [1.165, 1.54) is 6.07 Å². The summed E-state index contributed by atoms with van der Waals surface area (Å²) in [6.45, 7) is 6.33. The molecule has 118 valence electrons. The highest BCUT2D eigenvalue weighted by Crippen LogP contribution is 2.26. The molecule has 5 nitrogen and oxygen atoms in total. The first-order valence-corrected chi connectivity index (χ1v) is 9.42. The average Bonchev–Trinajstić information content (AvgIpc) is 2.88. The summed E-state index contributed by atoms with van der Waals surface area (Å²) >= 11 is 3.31. The first-order valence-electron chi connectivity index (χ1n) is 7.14. The van der Waals surface area contributed by atoms with Gasteiger partial charge in [0.2, 0.25) is 10.0 Å². The zero-order valence-corrected chi connectivity index (χ0v) is 14.8. The summed E-state index contributed by atoms with van der Waals surface area (Å²) in [4.78, 5) is 2.56. The third-order valence-electron chi connectivity index (χ3n) is 4.00. The molecular weight excluding hydrogens is 354 g/mol. The zero-order valence-electron chi connectivity index (χ0n) is 12.4. The SMILES string of the molecule is CCN1CCCC1CNS(=O)(=O)c1cc(N)c(Br)cc1C. The molecule has 0 aromatic heterocycles. The lowest BCUT2D eigenvalue weighted by atomic mass is 10.2. The van der Waals surface area contributed by atoms with Crippen molar-refractivity contribution in [2.75, 3.05) is 25.4 Å². The lowest BCUT2D eigenvalue weighted by molar-refractivity contribution is 0.268. The predicted molar refractivity (Wildman–Crippen MR) is 88.7 cm³/mol. The highest BCUT2D eigenvalue weighted by atomic mass is 79.9. The monoisotopic (exact) mass is 375 g/mol. The number of halogens is 1. The van der Waals surface area contributed by atoms with Crippen LogP contribution in [0.2, 0.25) is 0 Å². The number of nitrogens with one attached hydrogen (secondary N) is 1. The van der Waals surface area contributed by atoms with E-state index in [-0.39, 0.29) is 10.9 Å². The van der Waals surface area contributed by atoms with Gasteiger partial charge in [0, 0.05) is 22.7 Å². The van der Waals surface area contributed by atoms with Crippen molar-refractivity contribution in [1.82, 2.24) is 9.62 Å². The Morgan fingerprint density at radius 2 is 2.19 bits per heavy atom. The maximum absolute atomic E-state index is 12.5. The number of nitrogens with two attached hydrogens (primary N) is 1. The second-order valence-corrected chi connectivity index (χ2v) is 8.01. The number of nitrogen functional groups attached to an aromatic ring is 1. The van der Waals surface area contributed by atoms with Gasteiger partial charge in [-0.15, -0.1) is 0 Å². The first-order chi connectivity index (χ1) is 9.85. The van der Waals surface area contributed by atoms with Crippen molar-refractivity contribution in [2.45, 2.75) is 37.6 Å². The largest absolute Gasteiger partial charge is 0.398 e. The summed E-state index contributed by atoms with van der Waals surface area (Å²) in [5.74, 6) is 0. The van der Waals surface area contributed by atoms with E-state index in [4.69, 9.17) is 5.73 Å². The fraction of sp³-hybridized carbons (Fsp3) is 0.571. The minimum absolute atomic E-state index is 0.254. The van der Waals surface area contributed by atoms with Crippen LogP contribution in [0.4, 0.5) is 5.69 Å². The molecule has 7 heteroatoms. The summed E-state index contributed by atoms with van der Waals surface area (Å²) in [6, 6.07) is 3.53. The van der Waals surface area contributed by atoms with Crippen molar-refractivity contribution in [3.05, 3.63) is 22.2 Å². The minimum atomic E-state index is -3.53. The van der Waals surface area contributed by atoms with Crippen molar-refractivity contribution in [1.29, 1.82) is 0 Å². The van der Waals surface area contributed by atoms with Crippen LogP contribution < -0.4 is 10.5 Å². The van der Waals surface area contributed by atoms with Gasteiger partial charge in [0.1, 0.15) is 0 Å². The van der Waals surface area contributed by atoms with Gasteiger partial charge in [-0.25, -0.2) is 13.1 Å². The number of likely N-dealkylation sites (N-methyl/N-ethyl adjacent to an activating group) is 1. The molecule has 1 saturated heterocycles. The Labute approximate surface area is 135 Å². The Bertz CT molecular complexity index is 619. The summed E-state index contributed by atoms with van der Waals surface area (Å²) in [6.07, 6.45) is 2.17. The van der Waals surface area contributed by atoms with Crippen molar-refractivity contribution >= 4 is 31.6 Å². The molecular formula is C14H22BrN3O2S. The molecule has 1 aromatic carbocycles. The van der Waals surface area contributed by atoms with Crippen LogP contribution in [-0.2, 0) is 10.0 Å². The average molecular weight is 376 g/mol. The van der Waals surface area contributed by atoms with Crippen LogP contribution in [0.15, 0.2) is 21.5 Å². The van der Waals surface area contributed by atoms with Gasteiger partial charge in [0.15, 0.2) is 0 Å². The van der Waals surface area contributed by atoms with Gasteiger partial charge in [0.05, 0.1) is 4.90 Å². The second kappa shape index (κ2) is 6.64. The lowest BCUT2D eigenvalue weighted by Gasteiger charge is -2.23. The number of hydrogen-bond donors (Lipinski definition) is 2. The van der Waals surface area contributed by atoms with Gasteiger partial charge in [-0.3, -0.25) is 4.90 Å². The third-order valence-corrected chi connectivity index (χ3v) is 6.25. The molecule has 1 aliphatic rings. The number of nitrogens with zero attached hydrogens (tertiary/aromatic N) is 1. The molecule has 0 amide bonds. The van der Waals surface area contributed by atoms with Crippen LogP contribution in [-0.4, -0.2) is 39.0 Å². The highest BCUT2D eigenvalue weighted by molar-refractivity contribution is 9.10. The maximum Gasteiger partial charge on any atom is 0.240 e. The van der Waals surface area contributed by atoms with Crippen molar-refractivity contribution in [2.24, 2.45) is 0 Å². The molecule has 3 N–H and O–H groups in total. The van der Waals surface area contributed by atoms with Crippen LogP contribution in [0, 0.1) is 6.92 Å². The van der Waals surface area contributed by atoms with E-state index in [0.29, 0.717) is 22.3 Å². The fourth-order valence-electron chi connectivity index (χ4n) is 2.78. The van der Waals surface area contributed by atoms with Crippen molar-refractivity contribution < 1.29 is 8.42 Å². The Kier molecular flexibility index (Phi) is 5.29. The van der Waals surface area contributed by atoms with E-state index < -0.39 is 10.0 Å². The Morgan fingerprint density at radius 1 is 1.48 bits per heavy atom. The number of likely N-dealkylation sites (tertiary alicyclic amines) is 1. The summed E-state index contributed by atoms with van der Waals surface area (Å²) < 4.78 is 28.4. The molecule has 0 aliphatic carbocycles. The molecule has 1 aromatic rings. The van der Waals surface area contributed by atoms with E-state index in [1.54, 1.807) is 13.0 Å². The Hall–Kier alpha value is -0.630. The highest BCUT2D eigenvalue weighted by Gasteiger charge is 2.26. The number of anilines is 1. The smallest absolute Gasteiger partial charge is 0.240 e. The molecule has 0 bridgehead atoms. The molecule has 0 saturated carbocycles. The fourth-order valence-corrected chi connectivity index (χ4v) is 4.57. The van der Waals surface area contributed by atoms with Crippen LogP contribution in [0.25, 0.3) is 0 Å². The third kappa shape index (κ3) is 3.77. The van der Waals surface area contributed by atoms with E-state index in [2.05, 4.69) is 32.5 Å². The van der Waals surface area contributed by atoms with Crippen LogP contribution in [0.5, 0.6) is 0 Å². The Morgan fingerprint density at radius 3 is 2.86 bits per heavy atom. The summed E-state index contributed by atoms with van der Waals surface area (Å²) in [5, 5.41) is 0. The summed E-state index contributed by atoms with van der Waals surface area (Å²) in [7, 11) is -3.53. The zero-order chi connectivity index (χ0) is 15.6. The van der Waals surface area contributed by atoms with Crippen molar-refractivity contribution in [3.63, 3.8) is 0 Å². The van der Waals surface area contributed by atoms with Crippen LogP contribution in [0.3, 0.4) is 0 Å². The van der Waals surface area contributed by atoms with Crippen LogP contribution >= 0.6 is 15.9 Å². The molecule has 1 aliphatic heterocycles. The van der Waals surface area contributed by atoms with E-state index in [9.17, 15) is 8.42 Å². The topological polar surface area (TPSA) is 75.4 Å². The summed E-state index contributed by atoms with van der Waals surface area (Å²) in [5.41, 5.74) is 6.91. The van der Waals surface area contributed by atoms with E-state index in [1.807, 2.05) is 0 Å². The molecule has 1 atom stereocenters. The molecule has 1 heterocycles. The molecule has 0 spiro atoms. The minimum Gasteiger partial charge on any atom is -0.398 e. The van der Waals surface area contributed by atoms with E-state index >= 15 is 0 Å². The maximum atomic E-state index is 12.5. The number of benzene rings is 1. The quantitative estimate of drug-likeness (QED) is 0.772. The van der Waals surface area contributed by atoms with E-state index in [0.717, 1.165) is 25.9 Å². The second-order valence-electron chi connectivity index (χ2n) is 5.42. The molecule has 2 rings (SSSR count). The lowest BCUT2D eigenvalue weighted by Crippen LogP contribution is -2.40. The number of sulfonamides is 1. The number of aryl methyl sites for hydroxylation is 1. The van der Waals surface area contributed by atoms with Gasteiger partial charge >= 0.3 is 0 Å². The first kappa shape index (κ1) is 16.7. The van der Waals surface area contributed by atoms with Gasteiger partial charge in [-0.05, 0) is 66.5 Å². The molecule has 21 heavy (non-hydrogen) atoms. The normalized spacial score (nSPS) is 20.0. The van der Waals surface area contributed by atoms with Gasteiger partial charge in [-0.2, -0.15) is 0 Å². The molecule has 1 unspecified atom stereocenters. The molecule has 1 fully saturated rings. The Balaban J connectivity index is 2.14.